The number of aryl methyl sites for hydroxylation is 1. The van der Waals surface area contributed by atoms with E-state index in [1.54, 1.807) is 7.11 Å². The summed E-state index contributed by atoms with van der Waals surface area (Å²) < 4.78 is 12.7. The third kappa shape index (κ3) is 5.06. The van der Waals surface area contributed by atoms with E-state index in [0.717, 1.165) is 51.3 Å². The van der Waals surface area contributed by atoms with Gasteiger partial charge in [0.15, 0.2) is 0 Å². The maximum atomic E-state index is 9.74. The van der Waals surface area contributed by atoms with Gasteiger partial charge in [0.05, 0.1) is 25.9 Å². The van der Waals surface area contributed by atoms with Gasteiger partial charge < -0.3 is 19.9 Å². The third-order valence-electron chi connectivity index (χ3n) is 4.60. The molecule has 0 amide bonds. The molecule has 1 aliphatic rings. The molecule has 3 rings (SSSR count). The first-order valence-corrected chi connectivity index (χ1v) is 10.3. The Bertz CT molecular complexity index is 852. The first-order valence-electron chi connectivity index (χ1n) is 9.55. The van der Waals surface area contributed by atoms with E-state index in [1.807, 2.05) is 38.1 Å². The monoisotopic (exact) mass is 446 g/mol. The number of hydrogen-bond donors (Lipinski definition) is 2. The Morgan fingerprint density at radius 1 is 1.21 bits per heavy atom. The van der Waals surface area contributed by atoms with E-state index in [4.69, 9.17) is 9.47 Å². The number of amidine groups is 1. The number of nitrogens with one attached hydrogen (secondary N) is 1. The van der Waals surface area contributed by atoms with Crippen LogP contribution in [0, 0.1) is 0 Å². The maximum Gasteiger partial charge on any atom is 0.128 e. The number of aliphatic hydroxyl groups excluding tert-OH is 1. The first kappa shape index (κ1) is 20.7. The number of aliphatic hydroxyl groups is 1. The molecule has 0 radical (unpaired) electrons. The van der Waals surface area contributed by atoms with Crippen LogP contribution in [0.1, 0.15) is 30.5 Å². The highest BCUT2D eigenvalue weighted by atomic mass is 79.9. The molecular formula is C22H27BrN2O3. The number of benzene rings is 2. The summed E-state index contributed by atoms with van der Waals surface area (Å²) >= 11 is 3.55. The Labute approximate surface area is 174 Å². The van der Waals surface area contributed by atoms with Crippen molar-refractivity contribution in [2.45, 2.75) is 38.9 Å². The maximum absolute atomic E-state index is 9.74. The van der Waals surface area contributed by atoms with E-state index in [1.165, 1.54) is 0 Å². The topological polar surface area (TPSA) is 63.1 Å². The molecule has 2 N–H and O–H groups in total. The largest absolute Gasteiger partial charge is 0.496 e. The van der Waals surface area contributed by atoms with Crippen molar-refractivity contribution in [2.75, 3.05) is 20.2 Å². The predicted octanol–water partition coefficient (Wildman–Crippen LogP) is 3.74. The average molecular weight is 447 g/mol. The summed E-state index contributed by atoms with van der Waals surface area (Å²) in [5, 5.41) is 13.0. The molecule has 28 heavy (non-hydrogen) atoms. The highest BCUT2D eigenvalue weighted by Gasteiger charge is 2.19. The summed E-state index contributed by atoms with van der Waals surface area (Å²) in [6, 6.07) is 12.1. The molecule has 0 saturated carbocycles. The lowest BCUT2D eigenvalue weighted by molar-refractivity contribution is 0.181. The molecule has 0 fully saturated rings. The summed E-state index contributed by atoms with van der Waals surface area (Å²) in [7, 11) is 1.69. The molecule has 1 aliphatic heterocycles. The van der Waals surface area contributed by atoms with Crippen molar-refractivity contribution in [1.29, 1.82) is 0 Å². The van der Waals surface area contributed by atoms with E-state index in [9.17, 15) is 5.11 Å². The van der Waals surface area contributed by atoms with Crippen LogP contribution in [0.4, 0.5) is 0 Å². The lowest BCUT2D eigenvalue weighted by atomic mass is 9.97. The van der Waals surface area contributed by atoms with Crippen molar-refractivity contribution in [3.05, 3.63) is 57.6 Å². The number of halogens is 1. The molecule has 2 aromatic carbocycles. The number of methoxy groups -OCH3 is 1. The Balaban J connectivity index is 1.94. The Morgan fingerprint density at radius 3 is 2.71 bits per heavy atom. The molecule has 1 unspecified atom stereocenters. The third-order valence-corrected chi connectivity index (χ3v) is 5.10. The minimum Gasteiger partial charge on any atom is -0.496 e. The lowest BCUT2D eigenvalue weighted by Crippen LogP contribution is -2.39. The molecule has 0 saturated heterocycles. The zero-order valence-electron chi connectivity index (χ0n) is 16.5. The fourth-order valence-corrected chi connectivity index (χ4v) is 3.73. The standard InChI is InChI=1S/C22H27BrN2O3/c1-14(2)28-21-6-4-5-19(22-24-12-17(26)13-25-22)18(21)9-7-15-11-16(23)8-10-20(15)27-3/h4-6,8,10-11,14,17,26H,7,9,12-13H2,1-3H3,(H,24,25). The number of ether oxygens (including phenoxy) is 2. The normalized spacial score (nSPS) is 16.5. The molecule has 0 spiro atoms. The minimum absolute atomic E-state index is 0.0810. The van der Waals surface area contributed by atoms with Gasteiger partial charge in [-0.15, -0.1) is 0 Å². The van der Waals surface area contributed by atoms with Crippen LogP contribution in [0.5, 0.6) is 11.5 Å². The summed E-state index contributed by atoms with van der Waals surface area (Å²) in [5.41, 5.74) is 3.27. The van der Waals surface area contributed by atoms with Gasteiger partial charge in [-0.3, -0.25) is 4.99 Å². The van der Waals surface area contributed by atoms with E-state index in [2.05, 4.69) is 38.4 Å². The zero-order valence-corrected chi connectivity index (χ0v) is 18.1. The average Bonchev–Trinajstić information content (AvgIpc) is 2.67. The smallest absolute Gasteiger partial charge is 0.128 e. The van der Waals surface area contributed by atoms with E-state index in [-0.39, 0.29) is 6.10 Å². The van der Waals surface area contributed by atoms with Gasteiger partial charge in [0, 0.05) is 22.1 Å². The van der Waals surface area contributed by atoms with Gasteiger partial charge >= 0.3 is 0 Å². The van der Waals surface area contributed by atoms with Gasteiger partial charge in [-0.05, 0) is 56.5 Å². The molecule has 2 aromatic rings. The molecule has 0 aliphatic carbocycles. The highest BCUT2D eigenvalue weighted by Crippen LogP contribution is 2.29. The summed E-state index contributed by atoms with van der Waals surface area (Å²) in [6.07, 6.45) is 1.24. The highest BCUT2D eigenvalue weighted by molar-refractivity contribution is 9.10. The second-order valence-corrected chi connectivity index (χ2v) is 8.04. The van der Waals surface area contributed by atoms with Gasteiger partial charge in [0.1, 0.15) is 17.3 Å². The Morgan fingerprint density at radius 2 is 2.04 bits per heavy atom. The summed E-state index contributed by atoms with van der Waals surface area (Å²) in [5.74, 6) is 2.57. The Kier molecular flexibility index (Phi) is 6.97. The minimum atomic E-state index is -0.437. The van der Waals surface area contributed by atoms with Crippen LogP contribution in [0.2, 0.25) is 0 Å². The first-order chi connectivity index (χ1) is 13.5. The van der Waals surface area contributed by atoms with Crippen LogP contribution < -0.4 is 14.8 Å². The van der Waals surface area contributed by atoms with Crippen LogP contribution in [0.3, 0.4) is 0 Å². The van der Waals surface area contributed by atoms with Crippen LogP contribution in [0.15, 0.2) is 45.9 Å². The van der Waals surface area contributed by atoms with Crippen LogP contribution in [-0.4, -0.2) is 43.3 Å². The predicted molar refractivity (Wildman–Crippen MR) is 116 cm³/mol. The van der Waals surface area contributed by atoms with Crippen molar-refractivity contribution in [3.63, 3.8) is 0 Å². The molecule has 5 nitrogen and oxygen atoms in total. The van der Waals surface area contributed by atoms with Crippen molar-refractivity contribution >= 4 is 21.8 Å². The zero-order chi connectivity index (χ0) is 20.1. The molecule has 1 heterocycles. The molecule has 1 atom stereocenters. The second-order valence-electron chi connectivity index (χ2n) is 7.13. The van der Waals surface area contributed by atoms with Gasteiger partial charge in [0.25, 0.3) is 0 Å². The van der Waals surface area contributed by atoms with Crippen LogP contribution >= 0.6 is 15.9 Å². The van der Waals surface area contributed by atoms with Gasteiger partial charge in [-0.25, -0.2) is 0 Å². The second kappa shape index (κ2) is 9.43. The number of rotatable bonds is 7. The van der Waals surface area contributed by atoms with E-state index in [0.29, 0.717) is 13.1 Å². The van der Waals surface area contributed by atoms with Crippen molar-refractivity contribution in [2.24, 2.45) is 4.99 Å². The molecule has 0 aromatic heterocycles. The van der Waals surface area contributed by atoms with Crippen LogP contribution in [-0.2, 0) is 12.8 Å². The van der Waals surface area contributed by atoms with Crippen molar-refractivity contribution in [3.8, 4) is 11.5 Å². The molecule has 150 valence electrons. The molecule has 0 bridgehead atoms. The fourth-order valence-electron chi connectivity index (χ4n) is 3.32. The number of hydrogen-bond acceptors (Lipinski definition) is 5. The fraction of sp³-hybridized carbons (Fsp3) is 0.409. The van der Waals surface area contributed by atoms with Gasteiger partial charge in [-0.1, -0.05) is 28.1 Å². The van der Waals surface area contributed by atoms with Gasteiger partial charge in [-0.2, -0.15) is 0 Å². The van der Waals surface area contributed by atoms with E-state index >= 15 is 0 Å². The molecule has 6 heteroatoms. The van der Waals surface area contributed by atoms with Crippen molar-refractivity contribution < 1.29 is 14.6 Å². The quantitative estimate of drug-likeness (QED) is 0.679. The number of nitrogens with zero attached hydrogens (tertiary/aromatic N) is 1. The lowest BCUT2D eigenvalue weighted by Gasteiger charge is -2.23. The van der Waals surface area contributed by atoms with Gasteiger partial charge in [0.2, 0.25) is 0 Å². The van der Waals surface area contributed by atoms with E-state index < -0.39 is 6.10 Å². The van der Waals surface area contributed by atoms with Crippen molar-refractivity contribution in [1.82, 2.24) is 5.32 Å². The number of β-amino-alcohol motifs (C(OH)–C–C–N with tert-alkyl or cyclic N) is 1. The molecular weight excluding hydrogens is 420 g/mol. The van der Waals surface area contributed by atoms with Crippen LogP contribution in [0.25, 0.3) is 0 Å². The Hall–Kier alpha value is -2.05. The number of aliphatic imine (C=N–C) groups is 1. The summed E-state index contributed by atoms with van der Waals surface area (Å²) in [4.78, 5) is 4.53. The SMILES string of the molecule is COc1ccc(Br)cc1CCc1c(OC(C)C)cccc1C1=NCC(O)CN1. The summed E-state index contributed by atoms with van der Waals surface area (Å²) in [6.45, 7) is 4.98.